The minimum Gasteiger partial charge on any atom is -0.370 e. The molecule has 0 unspecified atom stereocenters. The zero-order chi connectivity index (χ0) is 11.4. The number of nitrogens with zero attached hydrogens (tertiary/aromatic N) is 1. The standard InChI is InChI=1S/C14H19N2/c1-3-5-10-16(4-2)14-11-15-13-9-7-6-8-12(13)14/h6-9,15H,3-5,10H2,1-2H3. The lowest BCUT2D eigenvalue weighted by Crippen LogP contribution is -2.23. The fourth-order valence-corrected chi connectivity index (χ4v) is 2.02. The molecule has 1 radical (unpaired) electrons. The Morgan fingerprint density at radius 3 is 2.81 bits per heavy atom. The molecule has 1 aromatic heterocycles. The summed E-state index contributed by atoms with van der Waals surface area (Å²) in [5.74, 6) is 0. The zero-order valence-electron chi connectivity index (χ0n) is 10.1. The number of hydrogen-bond acceptors (Lipinski definition) is 1. The molecule has 2 heteroatoms. The van der Waals surface area contributed by atoms with Crippen LogP contribution < -0.4 is 4.90 Å². The van der Waals surface area contributed by atoms with Gasteiger partial charge in [0.1, 0.15) is 0 Å². The number of nitrogens with one attached hydrogen (secondary N) is 1. The van der Waals surface area contributed by atoms with Crippen molar-refractivity contribution in [2.24, 2.45) is 0 Å². The van der Waals surface area contributed by atoms with Gasteiger partial charge in [-0.15, -0.1) is 0 Å². The summed E-state index contributed by atoms with van der Waals surface area (Å²) in [5.41, 5.74) is 2.39. The highest BCUT2D eigenvalue weighted by Gasteiger charge is 2.09. The highest BCUT2D eigenvalue weighted by molar-refractivity contribution is 5.92. The molecule has 0 aliphatic carbocycles. The molecular weight excluding hydrogens is 196 g/mol. The fraction of sp³-hybridized carbons (Fsp3) is 0.429. The maximum absolute atomic E-state index is 3.27. The number of H-pyrrole nitrogens is 1. The quantitative estimate of drug-likeness (QED) is 0.807. The van der Waals surface area contributed by atoms with Crippen LogP contribution in [0.25, 0.3) is 10.9 Å². The van der Waals surface area contributed by atoms with Gasteiger partial charge in [-0.05, 0) is 19.4 Å². The molecule has 0 spiro atoms. The molecule has 1 heterocycles. The third-order valence-corrected chi connectivity index (χ3v) is 2.98. The first-order valence-electron chi connectivity index (χ1n) is 6.10. The average Bonchev–Trinajstić information content (AvgIpc) is 2.75. The highest BCUT2D eigenvalue weighted by atomic mass is 15.1. The third kappa shape index (κ3) is 2.06. The molecule has 0 saturated heterocycles. The molecule has 0 amide bonds. The van der Waals surface area contributed by atoms with Crippen molar-refractivity contribution in [2.75, 3.05) is 18.0 Å². The van der Waals surface area contributed by atoms with E-state index in [4.69, 9.17) is 0 Å². The number of hydrogen-bond donors (Lipinski definition) is 1. The lowest BCUT2D eigenvalue weighted by molar-refractivity contribution is 0.733. The molecule has 0 aliphatic heterocycles. The lowest BCUT2D eigenvalue weighted by atomic mass is 10.2. The molecule has 0 fully saturated rings. The van der Waals surface area contributed by atoms with Crippen molar-refractivity contribution in [3.05, 3.63) is 30.5 Å². The van der Waals surface area contributed by atoms with Gasteiger partial charge in [0.25, 0.3) is 0 Å². The van der Waals surface area contributed by atoms with Gasteiger partial charge in [0.05, 0.1) is 11.9 Å². The van der Waals surface area contributed by atoms with Crippen molar-refractivity contribution >= 4 is 16.6 Å². The van der Waals surface area contributed by atoms with E-state index in [-0.39, 0.29) is 0 Å². The number of aromatic amines is 1. The average molecular weight is 215 g/mol. The zero-order valence-corrected chi connectivity index (χ0v) is 10.1. The van der Waals surface area contributed by atoms with Gasteiger partial charge < -0.3 is 9.88 Å². The maximum Gasteiger partial charge on any atom is 0.0890 e. The Balaban J connectivity index is 2.30. The number of fused-ring (bicyclic) bond motifs is 1. The summed E-state index contributed by atoms with van der Waals surface area (Å²) in [6.45, 7) is 6.59. The Morgan fingerprint density at radius 1 is 1.25 bits per heavy atom. The van der Waals surface area contributed by atoms with Crippen molar-refractivity contribution in [1.82, 2.24) is 4.98 Å². The maximum atomic E-state index is 3.27. The molecule has 2 nitrogen and oxygen atoms in total. The second kappa shape index (κ2) is 5.06. The number of para-hydroxylation sites is 1. The normalized spacial score (nSPS) is 10.9. The van der Waals surface area contributed by atoms with E-state index in [0.717, 1.165) is 13.1 Å². The van der Waals surface area contributed by atoms with Crippen LogP contribution in [-0.4, -0.2) is 18.1 Å². The first kappa shape index (κ1) is 11.1. The first-order valence-corrected chi connectivity index (χ1v) is 6.10. The smallest absolute Gasteiger partial charge is 0.0890 e. The number of aromatic nitrogens is 1. The van der Waals surface area contributed by atoms with Crippen LogP contribution in [0.4, 0.5) is 5.69 Å². The summed E-state index contributed by atoms with van der Waals surface area (Å²) < 4.78 is 0. The van der Waals surface area contributed by atoms with E-state index in [1.54, 1.807) is 0 Å². The molecule has 1 aromatic carbocycles. The summed E-state index contributed by atoms with van der Waals surface area (Å²) in [7, 11) is 0. The van der Waals surface area contributed by atoms with Crippen molar-refractivity contribution in [2.45, 2.75) is 26.7 Å². The van der Waals surface area contributed by atoms with Gasteiger partial charge in [-0.2, -0.15) is 0 Å². The monoisotopic (exact) mass is 215 g/mol. The third-order valence-electron chi connectivity index (χ3n) is 2.98. The Hall–Kier alpha value is -1.44. The second-order valence-corrected chi connectivity index (χ2v) is 4.08. The van der Waals surface area contributed by atoms with Crippen molar-refractivity contribution in [3.63, 3.8) is 0 Å². The van der Waals surface area contributed by atoms with E-state index in [0.29, 0.717) is 0 Å². The molecule has 0 saturated carbocycles. The largest absolute Gasteiger partial charge is 0.370 e. The number of rotatable bonds is 5. The van der Waals surface area contributed by atoms with Crippen LogP contribution in [0, 0.1) is 6.20 Å². The Labute approximate surface area is 97.3 Å². The highest BCUT2D eigenvalue weighted by Crippen LogP contribution is 2.25. The molecule has 2 aromatic rings. The summed E-state index contributed by atoms with van der Waals surface area (Å²) in [6.07, 6.45) is 5.75. The SMILES string of the molecule is CCCCN(CC)c1[c][nH]c2ccccc12. The van der Waals surface area contributed by atoms with Crippen LogP contribution in [0.1, 0.15) is 26.7 Å². The van der Waals surface area contributed by atoms with Gasteiger partial charge in [0, 0.05) is 24.0 Å². The van der Waals surface area contributed by atoms with Gasteiger partial charge in [0.15, 0.2) is 0 Å². The fourth-order valence-electron chi connectivity index (χ4n) is 2.02. The first-order chi connectivity index (χ1) is 7.86. The predicted molar refractivity (Wildman–Crippen MR) is 69.9 cm³/mol. The van der Waals surface area contributed by atoms with Gasteiger partial charge in [0.2, 0.25) is 0 Å². The van der Waals surface area contributed by atoms with E-state index in [1.165, 1.54) is 29.4 Å². The molecule has 85 valence electrons. The molecular formula is C14H19N2. The van der Waals surface area contributed by atoms with E-state index < -0.39 is 0 Å². The van der Waals surface area contributed by atoms with Crippen LogP contribution in [0.3, 0.4) is 0 Å². The summed E-state index contributed by atoms with van der Waals surface area (Å²) in [4.78, 5) is 5.60. The summed E-state index contributed by atoms with van der Waals surface area (Å²) >= 11 is 0. The number of unbranched alkanes of at least 4 members (excludes halogenated alkanes) is 1. The molecule has 0 atom stereocenters. The van der Waals surface area contributed by atoms with Gasteiger partial charge in [-0.25, -0.2) is 0 Å². The second-order valence-electron chi connectivity index (χ2n) is 4.08. The topological polar surface area (TPSA) is 19.0 Å². The Kier molecular flexibility index (Phi) is 3.50. The molecule has 2 rings (SSSR count). The van der Waals surface area contributed by atoms with E-state index in [1.807, 2.05) is 0 Å². The number of anilines is 1. The predicted octanol–water partition coefficient (Wildman–Crippen LogP) is 3.59. The summed E-state index contributed by atoms with van der Waals surface area (Å²) in [6, 6.07) is 8.40. The van der Waals surface area contributed by atoms with E-state index in [2.05, 4.69) is 54.2 Å². The van der Waals surface area contributed by atoms with Gasteiger partial charge in [-0.3, -0.25) is 0 Å². The van der Waals surface area contributed by atoms with E-state index >= 15 is 0 Å². The molecule has 0 bridgehead atoms. The van der Waals surface area contributed by atoms with Gasteiger partial charge >= 0.3 is 0 Å². The minimum absolute atomic E-state index is 1.04. The Bertz CT molecular complexity index is 445. The number of benzene rings is 1. The van der Waals surface area contributed by atoms with Gasteiger partial charge in [-0.1, -0.05) is 31.5 Å². The molecule has 0 aliphatic rings. The lowest BCUT2D eigenvalue weighted by Gasteiger charge is -2.21. The Morgan fingerprint density at radius 2 is 2.06 bits per heavy atom. The van der Waals surface area contributed by atoms with Crippen LogP contribution in [-0.2, 0) is 0 Å². The molecule has 16 heavy (non-hydrogen) atoms. The van der Waals surface area contributed by atoms with Crippen molar-refractivity contribution in [1.29, 1.82) is 0 Å². The minimum atomic E-state index is 1.04. The van der Waals surface area contributed by atoms with Crippen LogP contribution in [0.15, 0.2) is 24.3 Å². The van der Waals surface area contributed by atoms with Crippen LogP contribution in [0.2, 0.25) is 0 Å². The van der Waals surface area contributed by atoms with Crippen LogP contribution in [0.5, 0.6) is 0 Å². The summed E-state index contributed by atoms with van der Waals surface area (Å²) in [5, 5.41) is 1.28. The van der Waals surface area contributed by atoms with Crippen molar-refractivity contribution in [3.8, 4) is 0 Å². The van der Waals surface area contributed by atoms with Crippen molar-refractivity contribution < 1.29 is 0 Å². The molecule has 1 N–H and O–H groups in total. The van der Waals surface area contributed by atoms with Crippen LogP contribution >= 0.6 is 0 Å². The van der Waals surface area contributed by atoms with E-state index in [9.17, 15) is 0 Å².